The molecule has 24 heavy (non-hydrogen) atoms. The molecule has 1 rings (SSSR count). The standard InChI is InChI=1S/C16H28N4O2S.HI/c1-4-5-6-9-12-18-16(17-2)19-13-14-10-7-8-11-15(14)20-23(3,21)22;/h7-8,10-11,20H,4-6,9,12-13H2,1-3H3,(H2,17,18,19);1H. The van der Waals surface area contributed by atoms with Crippen LogP contribution in [0.25, 0.3) is 0 Å². The molecule has 0 amide bonds. The Bertz CT molecular complexity index is 606. The lowest BCUT2D eigenvalue weighted by molar-refractivity contribution is 0.606. The van der Waals surface area contributed by atoms with E-state index < -0.39 is 10.0 Å². The van der Waals surface area contributed by atoms with Crippen molar-refractivity contribution in [3.05, 3.63) is 29.8 Å². The molecule has 0 saturated heterocycles. The number of hydrogen-bond acceptors (Lipinski definition) is 3. The molecule has 0 fully saturated rings. The summed E-state index contributed by atoms with van der Waals surface area (Å²) < 4.78 is 25.3. The van der Waals surface area contributed by atoms with E-state index in [2.05, 4.69) is 27.3 Å². The third kappa shape index (κ3) is 9.96. The molecule has 0 heterocycles. The molecular formula is C16H29IN4O2S. The minimum Gasteiger partial charge on any atom is -0.356 e. The van der Waals surface area contributed by atoms with Crippen molar-refractivity contribution in [1.82, 2.24) is 10.6 Å². The van der Waals surface area contributed by atoms with Crippen molar-refractivity contribution < 1.29 is 8.42 Å². The first-order valence-corrected chi connectivity index (χ1v) is 9.85. The summed E-state index contributed by atoms with van der Waals surface area (Å²) in [5.41, 5.74) is 1.45. The number of nitrogens with zero attached hydrogens (tertiary/aromatic N) is 1. The Balaban J connectivity index is 0.00000529. The van der Waals surface area contributed by atoms with Gasteiger partial charge in [0.15, 0.2) is 5.96 Å². The summed E-state index contributed by atoms with van der Waals surface area (Å²) in [6, 6.07) is 7.32. The SMILES string of the molecule is CCCCCCNC(=NC)NCc1ccccc1NS(C)(=O)=O.I. The molecule has 0 aromatic heterocycles. The molecule has 0 aliphatic heterocycles. The Morgan fingerprint density at radius 2 is 1.83 bits per heavy atom. The van der Waals surface area contributed by atoms with Crippen LogP contribution in [-0.2, 0) is 16.6 Å². The quantitative estimate of drug-likeness (QED) is 0.225. The van der Waals surface area contributed by atoms with Crippen molar-refractivity contribution in [2.75, 3.05) is 24.6 Å². The number of sulfonamides is 1. The number of anilines is 1. The number of aliphatic imine (C=N–C) groups is 1. The minimum atomic E-state index is -3.29. The van der Waals surface area contributed by atoms with Crippen LogP contribution in [0.4, 0.5) is 5.69 Å². The second-order valence-electron chi connectivity index (χ2n) is 5.44. The van der Waals surface area contributed by atoms with Gasteiger partial charge in [0.2, 0.25) is 10.0 Å². The van der Waals surface area contributed by atoms with Crippen molar-refractivity contribution in [1.29, 1.82) is 0 Å². The molecule has 1 aromatic carbocycles. The van der Waals surface area contributed by atoms with Crippen molar-refractivity contribution in [2.24, 2.45) is 4.99 Å². The predicted octanol–water partition coefficient (Wildman–Crippen LogP) is 2.92. The van der Waals surface area contributed by atoms with Crippen LogP contribution in [0.5, 0.6) is 0 Å². The normalized spacial score (nSPS) is 11.5. The summed E-state index contributed by atoms with van der Waals surface area (Å²) >= 11 is 0. The van der Waals surface area contributed by atoms with Gasteiger partial charge >= 0.3 is 0 Å². The third-order valence-electron chi connectivity index (χ3n) is 3.31. The molecule has 0 saturated carbocycles. The molecule has 0 unspecified atom stereocenters. The number of rotatable bonds is 9. The summed E-state index contributed by atoms with van der Waals surface area (Å²) in [6.45, 7) is 3.56. The molecule has 3 N–H and O–H groups in total. The van der Waals surface area contributed by atoms with Gasteiger partial charge in [-0.15, -0.1) is 24.0 Å². The smallest absolute Gasteiger partial charge is 0.229 e. The Kier molecular flexibility index (Phi) is 11.8. The van der Waals surface area contributed by atoms with Crippen LogP contribution in [0.2, 0.25) is 0 Å². The first kappa shape index (κ1) is 23.0. The van der Waals surface area contributed by atoms with Gasteiger partial charge in [0.1, 0.15) is 0 Å². The van der Waals surface area contributed by atoms with E-state index in [9.17, 15) is 8.42 Å². The Morgan fingerprint density at radius 3 is 2.46 bits per heavy atom. The second-order valence-corrected chi connectivity index (χ2v) is 7.19. The van der Waals surface area contributed by atoms with E-state index in [0.717, 1.165) is 30.7 Å². The van der Waals surface area contributed by atoms with Gasteiger partial charge in [-0.05, 0) is 18.1 Å². The number of unbranched alkanes of at least 4 members (excludes halogenated alkanes) is 3. The van der Waals surface area contributed by atoms with Crippen LogP contribution < -0.4 is 15.4 Å². The first-order chi connectivity index (χ1) is 11.0. The molecule has 0 bridgehead atoms. The first-order valence-electron chi connectivity index (χ1n) is 7.96. The van der Waals surface area contributed by atoms with Gasteiger partial charge in [-0.1, -0.05) is 44.4 Å². The summed E-state index contributed by atoms with van der Waals surface area (Å²) in [5, 5.41) is 6.47. The fourth-order valence-electron chi connectivity index (χ4n) is 2.13. The highest BCUT2D eigenvalue weighted by molar-refractivity contribution is 14.0. The monoisotopic (exact) mass is 468 g/mol. The Labute approximate surface area is 163 Å². The summed E-state index contributed by atoms with van der Waals surface area (Å²) in [7, 11) is -1.57. The number of benzene rings is 1. The Hall–Kier alpha value is -1.03. The van der Waals surface area contributed by atoms with Crippen molar-refractivity contribution in [3.8, 4) is 0 Å². The maximum atomic E-state index is 11.4. The van der Waals surface area contributed by atoms with Crippen LogP contribution >= 0.6 is 24.0 Å². The lowest BCUT2D eigenvalue weighted by Crippen LogP contribution is -2.37. The number of halogens is 1. The largest absolute Gasteiger partial charge is 0.356 e. The van der Waals surface area contributed by atoms with Gasteiger partial charge in [0.05, 0.1) is 11.9 Å². The summed E-state index contributed by atoms with van der Waals surface area (Å²) in [6.07, 6.45) is 5.94. The molecule has 6 nitrogen and oxygen atoms in total. The van der Waals surface area contributed by atoms with Gasteiger partial charge in [-0.3, -0.25) is 9.71 Å². The summed E-state index contributed by atoms with van der Waals surface area (Å²) in [4.78, 5) is 4.18. The topological polar surface area (TPSA) is 82.6 Å². The van der Waals surface area contributed by atoms with E-state index in [1.54, 1.807) is 19.2 Å². The molecule has 138 valence electrons. The number of para-hydroxylation sites is 1. The van der Waals surface area contributed by atoms with Crippen LogP contribution in [0.3, 0.4) is 0 Å². The average Bonchev–Trinajstić information content (AvgIpc) is 2.50. The highest BCUT2D eigenvalue weighted by Crippen LogP contribution is 2.15. The maximum Gasteiger partial charge on any atom is 0.229 e. The third-order valence-corrected chi connectivity index (χ3v) is 3.90. The van der Waals surface area contributed by atoms with Gasteiger partial charge in [-0.25, -0.2) is 8.42 Å². The zero-order chi connectivity index (χ0) is 17.1. The highest BCUT2D eigenvalue weighted by Gasteiger charge is 2.07. The fourth-order valence-corrected chi connectivity index (χ4v) is 2.73. The van der Waals surface area contributed by atoms with Gasteiger partial charge in [-0.2, -0.15) is 0 Å². The van der Waals surface area contributed by atoms with E-state index in [1.165, 1.54) is 19.3 Å². The van der Waals surface area contributed by atoms with E-state index in [0.29, 0.717) is 12.2 Å². The number of nitrogens with one attached hydrogen (secondary N) is 3. The molecule has 0 aliphatic carbocycles. The zero-order valence-corrected chi connectivity index (χ0v) is 17.8. The molecule has 0 aliphatic rings. The second kappa shape index (κ2) is 12.3. The van der Waals surface area contributed by atoms with Crippen LogP contribution in [0, 0.1) is 0 Å². The van der Waals surface area contributed by atoms with Gasteiger partial charge in [0, 0.05) is 20.1 Å². The van der Waals surface area contributed by atoms with Crippen LogP contribution in [-0.4, -0.2) is 34.2 Å². The molecular weight excluding hydrogens is 439 g/mol. The van der Waals surface area contributed by atoms with E-state index in [1.807, 2.05) is 12.1 Å². The van der Waals surface area contributed by atoms with Crippen molar-refractivity contribution in [3.63, 3.8) is 0 Å². The highest BCUT2D eigenvalue weighted by atomic mass is 127. The van der Waals surface area contributed by atoms with E-state index in [4.69, 9.17) is 0 Å². The number of guanidine groups is 1. The van der Waals surface area contributed by atoms with E-state index >= 15 is 0 Å². The fraction of sp³-hybridized carbons (Fsp3) is 0.562. The maximum absolute atomic E-state index is 11.4. The molecule has 0 spiro atoms. The Morgan fingerprint density at radius 1 is 1.12 bits per heavy atom. The molecule has 0 atom stereocenters. The number of hydrogen-bond donors (Lipinski definition) is 3. The van der Waals surface area contributed by atoms with Crippen LogP contribution in [0.15, 0.2) is 29.3 Å². The molecule has 0 radical (unpaired) electrons. The lowest BCUT2D eigenvalue weighted by atomic mass is 10.2. The lowest BCUT2D eigenvalue weighted by Gasteiger charge is -2.14. The van der Waals surface area contributed by atoms with Crippen LogP contribution in [0.1, 0.15) is 38.2 Å². The van der Waals surface area contributed by atoms with Crippen molar-refractivity contribution in [2.45, 2.75) is 39.2 Å². The van der Waals surface area contributed by atoms with Gasteiger partial charge < -0.3 is 10.6 Å². The molecule has 1 aromatic rings. The zero-order valence-electron chi connectivity index (χ0n) is 14.6. The minimum absolute atomic E-state index is 0. The van der Waals surface area contributed by atoms with Crippen molar-refractivity contribution >= 4 is 45.6 Å². The molecule has 8 heteroatoms. The predicted molar refractivity (Wildman–Crippen MR) is 113 cm³/mol. The van der Waals surface area contributed by atoms with E-state index in [-0.39, 0.29) is 24.0 Å². The summed E-state index contributed by atoms with van der Waals surface area (Å²) in [5.74, 6) is 0.718. The van der Waals surface area contributed by atoms with Gasteiger partial charge in [0.25, 0.3) is 0 Å². The average molecular weight is 468 g/mol.